The minimum Gasteiger partial charge on any atom is -0.496 e. The van der Waals surface area contributed by atoms with Crippen molar-refractivity contribution in [2.75, 3.05) is 20.0 Å². The molecule has 2 aromatic rings. The van der Waals surface area contributed by atoms with Crippen LogP contribution in [-0.4, -0.2) is 53.1 Å². The molecule has 0 saturated carbocycles. The zero-order valence-electron chi connectivity index (χ0n) is 16.1. The maximum atomic E-state index is 12.2. The molecule has 0 spiro atoms. The number of esters is 1. The topological polar surface area (TPSA) is 106 Å². The Morgan fingerprint density at radius 3 is 2.71 bits per heavy atom. The molecule has 1 aromatic heterocycles. The van der Waals surface area contributed by atoms with E-state index in [-0.39, 0.29) is 17.6 Å². The average Bonchev–Trinajstić information content (AvgIpc) is 3.13. The average molecular weight is 427 g/mol. The number of methoxy groups -OCH3 is 2. The molecular formula is C18H23ClN4O4S. The lowest BCUT2D eigenvalue weighted by Crippen LogP contribution is -2.43. The second-order valence-corrected chi connectivity index (χ2v) is 7.75. The number of H-pyrrole nitrogens is 1. The minimum atomic E-state index is -0.670. The summed E-state index contributed by atoms with van der Waals surface area (Å²) in [5.74, 6) is 0.627. The number of benzene rings is 1. The Bertz CT molecular complexity index is 828. The molecule has 0 aliphatic heterocycles. The summed E-state index contributed by atoms with van der Waals surface area (Å²) in [5.41, 5.74) is 0.668. The van der Waals surface area contributed by atoms with Crippen LogP contribution in [0.5, 0.6) is 5.75 Å². The number of carbonyl (C=O) groups excluding carboxylic acids is 2. The van der Waals surface area contributed by atoms with E-state index >= 15 is 0 Å². The Kier molecular flexibility index (Phi) is 8.13. The van der Waals surface area contributed by atoms with Gasteiger partial charge in [0.1, 0.15) is 11.8 Å². The van der Waals surface area contributed by atoms with Crippen LogP contribution >= 0.6 is 23.4 Å². The van der Waals surface area contributed by atoms with Gasteiger partial charge in [-0.05, 0) is 30.5 Å². The molecule has 1 atom stereocenters. The third kappa shape index (κ3) is 6.13. The first-order valence-corrected chi connectivity index (χ1v) is 9.96. The molecule has 8 nitrogen and oxygen atoms in total. The third-order valence-electron chi connectivity index (χ3n) is 3.74. The second-order valence-electron chi connectivity index (χ2n) is 6.37. The van der Waals surface area contributed by atoms with Crippen LogP contribution in [-0.2, 0) is 14.3 Å². The van der Waals surface area contributed by atoms with Gasteiger partial charge in [0, 0.05) is 5.02 Å². The van der Waals surface area contributed by atoms with Crippen LogP contribution in [0.15, 0.2) is 23.4 Å². The molecule has 2 N–H and O–H groups in total. The highest BCUT2D eigenvalue weighted by Crippen LogP contribution is 2.31. The van der Waals surface area contributed by atoms with E-state index in [1.807, 2.05) is 13.8 Å². The lowest BCUT2D eigenvalue weighted by atomic mass is 10.0. The molecule has 2 rings (SSSR count). The largest absolute Gasteiger partial charge is 0.496 e. The van der Waals surface area contributed by atoms with E-state index in [1.54, 1.807) is 25.3 Å². The molecule has 1 amide bonds. The number of nitrogens with one attached hydrogen (secondary N) is 2. The van der Waals surface area contributed by atoms with E-state index in [4.69, 9.17) is 21.1 Å². The van der Waals surface area contributed by atoms with E-state index in [2.05, 4.69) is 20.5 Å². The van der Waals surface area contributed by atoms with Gasteiger partial charge in [-0.25, -0.2) is 9.78 Å². The number of aromatic nitrogens is 3. The molecule has 0 saturated heterocycles. The van der Waals surface area contributed by atoms with Crippen molar-refractivity contribution in [3.63, 3.8) is 0 Å². The van der Waals surface area contributed by atoms with Gasteiger partial charge in [-0.2, -0.15) is 0 Å². The number of hydrogen-bond donors (Lipinski definition) is 2. The summed E-state index contributed by atoms with van der Waals surface area (Å²) in [6.45, 7) is 3.94. The third-order valence-corrected chi connectivity index (χ3v) is 4.82. The highest BCUT2D eigenvalue weighted by atomic mass is 35.5. The molecule has 0 aliphatic carbocycles. The molecule has 0 fully saturated rings. The highest BCUT2D eigenvalue weighted by Gasteiger charge is 2.23. The number of carbonyl (C=O) groups is 2. The number of nitrogens with zero attached hydrogens (tertiary/aromatic N) is 2. The fourth-order valence-corrected chi connectivity index (χ4v) is 3.27. The van der Waals surface area contributed by atoms with E-state index in [0.29, 0.717) is 33.7 Å². The Labute approximate surface area is 172 Å². The normalized spacial score (nSPS) is 11.9. The van der Waals surface area contributed by atoms with Gasteiger partial charge in [0.2, 0.25) is 11.1 Å². The number of rotatable bonds is 9. The summed E-state index contributed by atoms with van der Waals surface area (Å²) < 4.78 is 10.1. The highest BCUT2D eigenvalue weighted by molar-refractivity contribution is 7.99. The summed E-state index contributed by atoms with van der Waals surface area (Å²) in [7, 11) is 2.86. The fraction of sp³-hybridized carbons (Fsp3) is 0.444. The van der Waals surface area contributed by atoms with Gasteiger partial charge in [0.05, 0.1) is 25.5 Å². The molecule has 1 aromatic carbocycles. The molecule has 10 heteroatoms. The van der Waals surface area contributed by atoms with E-state index < -0.39 is 12.0 Å². The Hall–Kier alpha value is -2.26. The second kappa shape index (κ2) is 10.3. The summed E-state index contributed by atoms with van der Waals surface area (Å²) in [6.07, 6.45) is 0.502. The molecule has 1 heterocycles. The molecule has 28 heavy (non-hydrogen) atoms. The van der Waals surface area contributed by atoms with Crippen LogP contribution in [0.4, 0.5) is 0 Å². The number of hydrogen-bond acceptors (Lipinski definition) is 7. The predicted octanol–water partition coefficient (Wildman–Crippen LogP) is 2.93. The van der Waals surface area contributed by atoms with Crippen molar-refractivity contribution in [3.05, 3.63) is 23.2 Å². The number of halogens is 1. The summed E-state index contributed by atoms with van der Waals surface area (Å²) in [5, 5.41) is 10.6. The van der Waals surface area contributed by atoms with Crippen molar-refractivity contribution in [2.45, 2.75) is 31.5 Å². The smallest absolute Gasteiger partial charge is 0.328 e. The standard InChI is InChI=1S/C18H23ClN4O4S/c1-10(2)7-13(17(25)27-4)20-15(24)9-28-18-21-16(22-23-18)12-8-11(19)5-6-14(12)26-3/h5-6,8,10,13H,7,9H2,1-4H3,(H,20,24)(H,21,22,23). The summed E-state index contributed by atoms with van der Waals surface area (Å²) >= 11 is 7.19. The monoisotopic (exact) mass is 426 g/mol. The maximum Gasteiger partial charge on any atom is 0.328 e. The van der Waals surface area contributed by atoms with Gasteiger partial charge in [-0.15, -0.1) is 5.10 Å². The fourth-order valence-electron chi connectivity index (χ4n) is 2.49. The van der Waals surface area contributed by atoms with Gasteiger partial charge in [0.25, 0.3) is 0 Å². The lowest BCUT2D eigenvalue weighted by molar-refractivity contribution is -0.145. The molecule has 0 aliphatic rings. The van der Waals surface area contributed by atoms with E-state index in [0.717, 1.165) is 11.8 Å². The van der Waals surface area contributed by atoms with Crippen LogP contribution < -0.4 is 10.1 Å². The summed E-state index contributed by atoms with van der Waals surface area (Å²) in [4.78, 5) is 28.4. The SMILES string of the molecule is COC(=O)C(CC(C)C)NC(=O)CSc1n[nH]c(-c2cc(Cl)ccc2OC)n1. The van der Waals surface area contributed by atoms with Gasteiger partial charge in [-0.1, -0.05) is 37.2 Å². The first kappa shape index (κ1) is 22.0. The molecule has 1 unspecified atom stereocenters. The van der Waals surface area contributed by atoms with Crippen molar-refractivity contribution in [2.24, 2.45) is 5.92 Å². The molecule has 0 bridgehead atoms. The lowest BCUT2D eigenvalue weighted by Gasteiger charge is -2.17. The van der Waals surface area contributed by atoms with Gasteiger partial charge in [0.15, 0.2) is 5.82 Å². The van der Waals surface area contributed by atoms with Crippen LogP contribution in [0.3, 0.4) is 0 Å². The Morgan fingerprint density at radius 2 is 2.07 bits per heavy atom. The predicted molar refractivity (Wildman–Crippen MR) is 108 cm³/mol. The van der Waals surface area contributed by atoms with Crippen LogP contribution in [0.2, 0.25) is 5.02 Å². The number of amides is 1. The van der Waals surface area contributed by atoms with Crippen LogP contribution in [0.25, 0.3) is 11.4 Å². The van der Waals surface area contributed by atoms with E-state index in [9.17, 15) is 9.59 Å². The van der Waals surface area contributed by atoms with Crippen molar-refractivity contribution in [1.82, 2.24) is 20.5 Å². The Morgan fingerprint density at radius 1 is 1.32 bits per heavy atom. The number of thioether (sulfide) groups is 1. The van der Waals surface area contributed by atoms with Crippen molar-refractivity contribution in [1.29, 1.82) is 0 Å². The molecule has 0 radical (unpaired) electrons. The van der Waals surface area contributed by atoms with Crippen molar-refractivity contribution >= 4 is 35.2 Å². The zero-order valence-corrected chi connectivity index (χ0v) is 17.7. The number of ether oxygens (including phenoxy) is 2. The van der Waals surface area contributed by atoms with Crippen molar-refractivity contribution in [3.8, 4) is 17.1 Å². The van der Waals surface area contributed by atoms with Gasteiger partial charge in [-0.3, -0.25) is 9.89 Å². The van der Waals surface area contributed by atoms with Gasteiger partial charge < -0.3 is 14.8 Å². The van der Waals surface area contributed by atoms with Crippen molar-refractivity contribution < 1.29 is 19.1 Å². The zero-order chi connectivity index (χ0) is 20.7. The minimum absolute atomic E-state index is 0.0650. The maximum absolute atomic E-state index is 12.2. The number of aromatic amines is 1. The van der Waals surface area contributed by atoms with E-state index in [1.165, 1.54) is 7.11 Å². The molecule has 152 valence electrons. The first-order chi connectivity index (χ1) is 13.3. The quantitative estimate of drug-likeness (QED) is 0.469. The first-order valence-electron chi connectivity index (χ1n) is 8.60. The Balaban J connectivity index is 1.99. The van der Waals surface area contributed by atoms with Crippen LogP contribution in [0, 0.1) is 5.92 Å². The molecular weight excluding hydrogens is 404 g/mol. The summed E-state index contributed by atoms with van der Waals surface area (Å²) in [6, 6.07) is 4.50. The van der Waals surface area contributed by atoms with Crippen LogP contribution in [0.1, 0.15) is 20.3 Å². The van der Waals surface area contributed by atoms with Gasteiger partial charge >= 0.3 is 5.97 Å².